The van der Waals surface area contributed by atoms with Gasteiger partial charge in [0, 0.05) is 24.2 Å². The molecule has 37 heavy (non-hydrogen) atoms. The number of nitrogens with zero attached hydrogens (tertiary/aromatic N) is 4. The van der Waals surface area contributed by atoms with Gasteiger partial charge in [-0.15, -0.1) is 0 Å². The lowest BCUT2D eigenvalue weighted by molar-refractivity contribution is -0.139. The number of likely N-dealkylation sites (N-methyl/N-ethyl adjacent to an activating group) is 1. The molecule has 1 saturated heterocycles. The van der Waals surface area contributed by atoms with Gasteiger partial charge in [0.25, 0.3) is 0 Å². The average molecular weight is 507 g/mol. The molecule has 1 aliphatic heterocycles. The van der Waals surface area contributed by atoms with Crippen LogP contribution in [0, 0.1) is 11.7 Å². The van der Waals surface area contributed by atoms with Crippen molar-refractivity contribution in [1.29, 1.82) is 0 Å². The highest BCUT2D eigenvalue weighted by Crippen LogP contribution is 2.35. The van der Waals surface area contributed by atoms with E-state index in [-0.39, 0.29) is 35.6 Å². The number of fused-ring (bicyclic) bond motifs is 1. The predicted octanol–water partition coefficient (Wildman–Crippen LogP) is 3.90. The quantitative estimate of drug-likeness (QED) is 0.507. The Bertz CT molecular complexity index is 1270. The minimum absolute atomic E-state index is 0.0203. The Hall–Kier alpha value is -3.33. The molecule has 3 aromatic rings. The van der Waals surface area contributed by atoms with Crippen LogP contribution in [0.2, 0.25) is 0 Å². The highest BCUT2D eigenvalue weighted by molar-refractivity contribution is 5.90. The summed E-state index contributed by atoms with van der Waals surface area (Å²) >= 11 is 0. The third kappa shape index (κ3) is 5.23. The lowest BCUT2D eigenvalue weighted by atomic mass is 9.83. The predicted molar refractivity (Wildman–Crippen MR) is 140 cm³/mol. The van der Waals surface area contributed by atoms with Gasteiger partial charge in [0.05, 0.1) is 23.3 Å². The average Bonchev–Trinajstić information content (AvgIpc) is 3.58. The highest BCUT2D eigenvalue weighted by atomic mass is 19.1. The summed E-state index contributed by atoms with van der Waals surface area (Å²) in [6.07, 6.45) is 10.3. The molecular formula is C28H35FN6O2. The zero-order valence-electron chi connectivity index (χ0n) is 21.5. The first-order valence-corrected chi connectivity index (χ1v) is 13.3. The second-order valence-corrected chi connectivity index (χ2v) is 10.3. The van der Waals surface area contributed by atoms with Gasteiger partial charge < -0.3 is 20.1 Å². The Morgan fingerprint density at radius 3 is 2.65 bits per heavy atom. The van der Waals surface area contributed by atoms with Crippen LogP contribution in [-0.2, 0) is 9.59 Å². The summed E-state index contributed by atoms with van der Waals surface area (Å²) < 4.78 is 15.6. The number of benzene rings is 1. The van der Waals surface area contributed by atoms with E-state index in [0.717, 1.165) is 55.1 Å². The first kappa shape index (κ1) is 25.3. The minimum atomic E-state index is -0.534. The van der Waals surface area contributed by atoms with E-state index in [1.54, 1.807) is 20.0 Å². The molecule has 3 atom stereocenters. The zero-order chi connectivity index (χ0) is 25.9. The maximum Gasteiger partial charge on any atom is 0.246 e. The lowest BCUT2D eigenvalue weighted by Crippen LogP contribution is -2.55. The molecule has 2 N–H and O–H groups in total. The van der Waals surface area contributed by atoms with Gasteiger partial charge in [-0.3, -0.25) is 9.59 Å². The molecule has 0 bridgehead atoms. The number of nitrogens with one attached hydrogen (secondary N) is 2. The van der Waals surface area contributed by atoms with E-state index in [0.29, 0.717) is 12.4 Å². The fourth-order valence-electron chi connectivity index (χ4n) is 5.76. The van der Waals surface area contributed by atoms with Gasteiger partial charge in [0.15, 0.2) is 0 Å². The van der Waals surface area contributed by atoms with E-state index >= 15 is 0 Å². The first-order valence-electron chi connectivity index (χ1n) is 13.3. The van der Waals surface area contributed by atoms with Crippen molar-refractivity contribution in [3.05, 3.63) is 54.4 Å². The van der Waals surface area contributed by atoms with Crippen LogP contribution in [0.5, 0.6) is 0 Å². The van der Waals surface area contributed by atoms with Crippen LogP contribution in [-0.4, -0.2) is 56.9 Å². The number of rotatable bonds is 7. The van der Waals surface area contributed by atoms with Crippen molar-refractivity contribution in [2.75, 3.05) is 13.6 Å². The van der Waals surface area contributed by atoms with E-state index in [2.05, 4.69) is 20.6 Å². The van der Waals surface area contributed by atoms with Crippen LogP contribution in [0.3, 0.4) is 0 Å². The third-order valence-electron chi connectivity index (χ3n) is 7.96. The number of carbonyl (C=O) groups excluding carboxylic acids is 2. The van der Waals surface area contributed by atoms with Crippen LogP contribution in [0.1, 0.15) is 63.6 Å². The molecule has 2 aliphatic rings. The summed E-state index contributed by atoms with van der Waals surface area (Å²) in [6, 6.07) is 7.36. The van der Waals surface area contributed by atoms with Crippen molar-refractivity contribution in [3.8, 4) is 5.82 Å². The number of hydrogen-bond acceptors (Lipinski definition) is 5. The lowest BCUT2D eigenvalue weighted by Gasteiger charge is -2.35. The van der Waals surface area contributed by atoms with Crippen LogP contribution in [0.25, 0.3) is 16.7 Å². The zero-order valence-corrected chi connectivity index (χ0v) is 21.5. The van der Waals surface area contributed by atoms with Crippen LogP contribution in [0.15, 0.2) is 42.9 Å². The number of hydrogen-bond donors (Lipinski definition) is 2. The summed E-state index contributed by atoms with van der Waals surface area (Å²) in [5, 5.41) is 6.85. The molecule has 8 nitrogen and oxygen atoms in total. The monoisotopic (exact) mass is 506 g/mol. The molecule has 9 heteroatoms. The molecule has 2 amide bonds. The highest BCUT2D eigenvalue weighted by Gasteiger charge is 2.39. The molecule has 2 aromatic heterocycles. The number of halogens is 1. The van der Waals surface area contributed by atoms with Crippen molar-refractivity contribution in [1.82, 2.24) is 30.1 Å². The van der Waals surface area contributed by atoms with Gasteiger partial charge >= 0.3 is 0 Å². The van der Waals surface area contributed by atoms with E-state index in [1.807, 2.05) is 27.8 Å². The Morgan fingerprint density at radius 1 is 1.05 bits per heavy atom. The summed E-state index contributed by atoms with van der Waals surface area (Å²) in [5.74, 6) is 0.363. The molecular weight excluding hydrogens is 471 g/mol. The topological polar surface area (TPSA) is 92.2 Å². The van der Waals surface area contributed by atoms with Crippen LogP contribution in [0.4, 0.5) is 4.39 Å². The fourth-order valence-corrected chi connectivity index (χ4v) is 5.76. The molecule has 196 valence electrons. The smallest absolute Gasteiger partial charge is 0.246 e. The fraction of sp³-hybridized carbons (Fsp3) is 0.500. The Morgan fingerprint density at radius 2 is 1.86 bits per heavy atom. The van der Waals surface area contributed by atoms with E-state index in [9.17, 15) is 14.0 Å². The van der Waals surface area contributed by atoms with E-state index in [1.165, 1.54) is 24.9 Å². The molecule has 1 aromatic carbocycles. The molecule has 0 spiro atoms. The van der Waals surface area contributed by atoms with Gasteiger partial charge in [0.2, 0.25) is 11.8 Å². The maximum atomic E-state index is 14.0. The number of amides is 2. The van der Waals surface area contributed by atoms with Crippen LogP contribution >= 0.6 is 0 Å². The number of likely N-dealkylation sites (tertiary alicyclic amines) is 1. The third-order valence-corrected chi connectivity index (χ3v) is 7.96. The SMILES string of the molecule is CNC(C)C(=O)NC(C(=O)N1CCCC1c1cc(-n2ccc3cc(F)ccc32)ncn1)C1CCCCC1. The van der Waals surface area contributed by atoms with E-state index < -0.39 is 6.04 Å². The van der Waals surface area contributed by atoms with Crippen LogP contribution < -0.4 is 10.6 Å². The summed E-state index contributed by atoms with van der Waals surface area (Å²) in [5.41, 5.74) is 1.63. The largest absolute Gasteiger partial charge is 0.343 e. The minimum Gasteiger partial charge on any atom is -0.343 e. The van der Waals surface area contributed by atoms with E-state index in [4.69, 9.17) is 0 Å². The maximum absolute atomic E-state index is 14.0. The standard InChI is InChI=1S/C28H35FN6O2/c1-18(30-2)27(36)33-26(19-7-4-3-5-8-19)28(37)35-13-6-9-24(35)22-16-25(32-17-31-22)34-14-12-20-15-21(29)10-11-23(20)34/h10-12,14-19,24,26,30H,3-9,13H2,1-2H3,(H,33,36). The van der Waals surface area contributed by atoms with Gasteiger partial charge in [-0.1, -0.05) is 19.3 Å². The molecule has 2 fully saturated rings. The second kappa shape index (κ2) is 11.0. The molecule has 3 heterocycles. The number of aromatic nitrogens is 3. The molecule has 1 aliphatic carbocycles. The molecule has 3 unspecified atom stereocenters. The van der Waals surface area contributed by atoms with Crippen molar-refractivity contribution in [2.24, 2.45) is 5.92 Å². The van der Waals surface area contributed by atoms with Gasteiger partial charge in [-0.25, -0.2) is 14.4 Å². The van der Waals surface area contributed by atoms with Crippen molar-refractivity contribution in [2.45, 2.75) is 70.0 Å². The second-order valence-electron chi connectivity index (χ2n) is 10.3. The molecule has 5 rings (SSSR count). The van der Waals surface area contributed by atoms with Crippen molar-refractivity contribution in [3.63, 3.8) is 0 Å². The number of carbonyl (C=O) groups is 2. The summed E-state index contributed by atoms with van der Waals surface area (Å²) in [6.45, 7) is 2.44. The Kier molecular flexibility index (Phi) is 7.50. The molecule has 1 saturated carbocycles. The Balaban J connectivity index is 1.42. The summed E-state index contributed by atoms with van der Waals surface area (Å²) in [4.78, 5) is 37.7. The summed E-state index contributed by atoms with van der Waals surface area (Å²) in [7, 11) is 1.75. The molecule has 0 radical (unpaired) electrons. The van der Waals surface area contributed by atoms with Gasteiger partial charge in [-0.2, -0.15) is 0 Å². The van der Waals surface area contributed by atoms with Crippen molar-refractivity contribution >= 4 is 22.7 Å². The first-order chi connectivity index (χ1) is 18.0. The van der Waals surface area contributed by atoms with Gasteiger partial charge in [-0.05, 0) is 69.8 Å². The normalized spacial score (nSPS) is 20.2. The Labute approximate surface area is 216 Å². The van der Waals surface area contributed by atoms with Crippen molar-refractivity contribution < 1.29 is 14.0 Å². The van der Waals surface area contributed by atoms with Gasteiger partial charge in [0.1, 0.15) is 24.0 Å².